The molecule has 0 aliphatic rings. The summed E-state index contributed by atoms with van der Waals surface area (Å²) < 4.78 is 10.6. The molecule has 9 heteroatoms. The van der Waals surface area contributed by atoms with Crippen molar-refractivity contribution in [3.8, 4) is 11.5 Å². The van der Waals surface area contributed by atoms with E-state index in [1.54, 1.807) is 24.3 Å². The summed E-state index contributed by atoms with van der Waals surface area (Å²) in [5.74, 6) is 0.0388. The molecule has 0 aromatic heterocycles. The van der Waals surface area contributed by atoms with E-state index in [0.29, 0.717) is 27.2 Å². The molecule has 0 fully saturated rings. The molecule has 3 N–H and O–H groups in total. The van der Waals surface area contributed by atoms with Gasteiger partial charge in [-0.1, -0.05) is 35.3 Å². The van der Waals surface area contributed by atoms with Gasteiger partial charge in [0.25, 0.3) is 11.8 Å². The highest BCUT2D eigenvalue weighted by Gasteiger charge is 2.16. The Morgan fingerprint density at radius 2 is 1.81 bits per heavy atom. The number of rotatable bonds is 7. The maximum atomic E-state index is 12.0. The van der Waals surface area contributed by atoms with Gasteiger partial charge in [0.15, 0.2) is 6.10 Å². The van der Waals surface area contributed by atoms with Gasteiger partial charge < -0.3 is 14.8 Å². The van der Waals surface area contributed by atoms with Gasteiger partial charge in [0.1, 0.15) is 11.5 Å². The van der Waals surface area contributed by atoms with Gasteiger partial charge in [-0.3, -0.25) is 20.4 Å². The number of carbonyl (C=O) groups is 2. The van der Waals surface area contributed by atoms with Crippen molar-refractivity contribution in [2.45, 2.75) is 13.0 Å². The Hall–Kier alpha value is -2.64. The zero-order valence-electron chi connectivity index (χ0n) is 14.7. The van der Waals surface area contributed by atoms with Gasteiger partial charge in [0.05, 0.1) is 29.4 Å². The summed E-state index contributed by atoms with van der Waals surface area (Å²) in [7, 11) is 1.54. The van der Waals surface area contributed by atoms with Crippen LogP contribution < -0.4 is 25.6 Å². The molecule has 0 saturated carbocycles. The second kappa shape index (κ2) is 9.89. The van der Waals surface area contributed by atoms with Crippen molar-refractivity contribution in [1.82, 2.24) is 10.9 Å². The summed E-state index contributed by atoms with van der Waals surface area (Å²) in [6.07, 6.45) is -0.857. The molecule has 0 bridgehead atoms. The summed E-state index contributed by atoms with van der Waals surface area (Å²) in [5.41, 5.74) is 5.27. The van der Waals surface area contributed by atoms with Crippen LogP contribution in [-0.2, 0) is 9.59 Å². The summed E-state index contributed by atoms with van der Waals surface area (Å²) in [6, 6.07) is 11.8. The average molecular weight is 412 g/mol. The van der Waals surface area contributed by atoms with Gasteiger partial charge in [-0.15, -0.1) is 0 Å². The van der Waals surface area contributed by atoms with Crippen LogP contribution in [0.3, 0.4) is 0 Å². The number of nitrogens with one attached hydrogen (secondary N) is 3. The third kappa shape index (κ3) is 6.23. The van der Waals surface area contributed by atoms with Crippen LogP contribution >= 0.6 is 23.2 Å². The third-order valence-electron chi connectivity index (χ3n) is 3.44. The predicted molar refractivity (Wildman–Crippen MR) is 104 cm³/mol. The Bertz CT molecular complexity index is 817. The molecule has 0 spiro atoms. The highest BCUT2D eigenvalue weighted by molar-refractivity contribution is 6.42. The summed E-state index contributed by atoms with van der Waals surface area (Å²) in [6.45, 7) is 1.49. The van der Waals surface area contributed by atoms with E-state index in [9.17, 15) is 9.59 Å². The van der Waals surface area contributed by atoms with Crippen molar-refractivity contribution in [2.75, 3.05) is 19.0 Å². The molecule has 0 heterocycles. The topological polar surface area (TPSA) is 88.7 Å². The van der Waals surface area contributed by atoms with Crippen molar-refractivity contribution in [3.63, 3.8) is 0 Å². The first-order valence-corrected chi connectivity index (χ1v) is 8.73. The van der Waals surface area contributed by atoms with Crippen LogP contribution in [-0.4, -0.2) is 31.6 Å². The number of para-hydroxylation sites is 2. The van der Waals surface area contributed by atoms with Gasteiger partial charge >= 0.3 is 0 Å². The Labute approximate surface area is 166 Å². The minimum absolute atomic E-state index is 0.0529. The molecule has 1 atom stereocenters. The van der Waals surface area contributed by atoms with Crippen molar-refractivity contribution >= 4 is 40.7 Å². The molecule has 7 nitrogen and oxygen atoms in total. The minimum atomic E-state index is -0.857. The maximum Gasteiger partial charge on any atom is 0.279 e. The number of methoxy groups -OCH3 is 1. The molecule has 2 amide bonds. The molecular formula is C18H19Cl2N3O4. The highest BCUT2D eigenvalue weighted by Crippen LogP contribution is 2.26. The first-order valence-electron chi connectivity index (χ1n) is 7.98. The Kier molecular flexibility index (Phi) is 7.57. The van der Waals surface area contributed by atoms with Crippen LogP contribution in [0.25, 0.3) is 0 Å². The van der Waals surface area contributed by atoms with Crippen LogP contribution in [0.2, 0.25) is 10.0 Å². The molecule has 0 aliphatic carbocycles. The molecule has 27 heavy (non-hydrogen) atoms. The van der Waals surface area contributed by atoms with Crippen LogP contribution in [0.5, 0.6) is 11.5 Å². The van der Waals surface area contributed by atoms with Crippen molar-refractivity contribution in [3.05, 3.63) is 52.5 Å². The summed E-state index contributed by atoms with van der Waals surface area (Å²) in [4.78, 5) is 23.9. The first-order chi connectivity index (χ1) is 12.9. The fourth-order valence-corrected chi connectivity index (χ4v) is 2.34. The van der Waals surface area contributed by atoms with Gasteiger partial charge in [-0.25, -0.2) is 0 Å². The number of hydrogen-bond donors (Lipinski definition) is 3. The number of hydrogen-bond acceptors (Lipinski definition) is 5. The fraction of sp³-hybridized carbons (Fsp3) is 0.222. The monoisotopic (exact) mass is 411 g/mol. The lowest BCUT2D eigenvalue weighted by atomic mass is 10.3. The van der Waals surface area contributed by atoms with Crippen molar-refractivity contribution in [2.24, 2.45) is 0 Å². The van der Waals surface area contributed by atoms with Gasteiger partial charge in [0, 0.05) is 6.07 Å². The van der Waals surface area contributed by atoms with E-state index in [4.69, 9.17) is 32.7 Å². The fourth-order valence-electron chi connectivity index (χ4n) is 2.05. The van der Waals surface area contributed by atoms with Crippen LogP contribution in [0.1, 0.15) is 6.92 Å². The van der Waals surface area contributed by atoms with Gasteiger partial charge in [0.2, 0.25) is 0 Å². The van der Waals surface area contributed by atoms with Gasteiger partial charge in [-0.2, -0.15) is 0 Å². The number of ether oxygens (including phenoxy) is 2. The largest absolute Gasteiger partial charge is 0.495 e. The lowest BCUT2D eigenvalue weighted by Crippen LogP contribution is -2.48. The maximum absolute atomic E-state index is 12.0. The normalized spacial score (nSPS) is 11.3. The zero-order valence-corrected chi connectivity index (χ0v) is 16.2. The van der Waals surface area contributed by atoms with E-state index in [1.165, 1.54) is 20.1 Å². The quantitative estimate of drug-likeness (QED) is 0.609. The van der Waals surface area contributed by atoms with Crippen LogP contribution in [0.15, 0.2) is 42.5 Å². The number of hydrazine groups is 1. The van der Waals surface area contributed by atoms with E-state index in [1.807, 2.05) is 12.1 Å². The lowest BCUT2D eigenvalue weighted by Gasteiger charge is -2.16. The summed E-state index contributed by atoms with van der Waals surface area (Å²) >= 11 is 11.7. The second-order valence-corrected chi connectivity index (χ2v) is 6.24. The zero-order chi connectivity index (χ0) is 19.8. The number of carbonyl (C=O) groups excluding carboxylic acids is 2. The molecule has 144 valence electrons. The molecule has 0 radical (unpaired) electrons. The molecule has 0 saturated heterocycles. The van der Waals surface area contributed by atoms with E-state index in [0.717, 1.165) is 0 Å². The molecule has 1 unspecified atom stereocenters. The highest BCUT2D eigenvalue weighted by atomic mass is 35.5. The number of benzene rings is 2. The SMILES string of the molecule is COc1ccccc1NCC(=O)NNC(=O)C(C)Oc1ccc(Cl)c(Cl)c1. The summed E-state index contributed by atoms with van der Waals surface area (Å²) in [5, 5.41) is 3.62. The Balaban J connectivity index is 1.78. The van der Waals surface area contributed by atoms with E-state index < -0.39 is 17.9 Å². The standard InChI is InChI=1S/C18H19Cl2N3O4/c1-11(27-12-7-8-13(19)14(20)9-12)18(25)23-22-17(24)10-21-15-5-3-4-6-16(15)26-2/h3-9,11,21H,10H2,1-2H3,(H,22,24)(H,23,25). The lowest BCUT2D eigenvalue weighted by molar-refractivity contribution is -0.132. The van der Waals surface area contributed by atoms with E-state index >= 15 is 0 Å². The van der Waals surface area contributed by atoms with E-state index in [-0.39, 0.29) is 6.54 Å². The number of amides is 2. The first kappa shape index (κ1) is 20.7. The van der Waals surface area contributed by atoms with Gasteiger partial charge in [-0.05, 0) is 31.2 Å². The average Bonchev–Trinajstić information content (AvgIpc) is 2.67. The predicted octanol–water partition coefficient (Wildman–Crippen LogP) is 3.03. The van der Waals surface area contributed by atoms with E-state index in [2.05, 4.69) is 16.2 Å². The Morgan fingerprint density at radius 1 is 1.07 bits per heavy atom. The second-order valence-electron chi connectivity index (χ2n) is 5.43. The molecule has 0 aliphatic heterocycles. The molecule has 2 rings (SSSR count). The third-order valence-corrected chi connectivity index (χ3v) is 4.18. The molecular weight excluding hydrogens is 393 g/mol. The van der Waals surface area contributed by atoms with Crippen LogP contribution in [0.4, 0.5) is 5.69 Å². The molecule has 2 aromatic rings. The number of anilines is 1. The Morgan fingerprint density at radius 3 is 2.52 bits per heavy atom. The van der Waals surface area contributed by atoms with Crippen molar-refractivity contribution in [1.29, 1.82) is 0 Å². The van der Waals surface area contributed by atoms with Crippen LogP contribution in [0, 0.1) is 0 Å². The molecule has 2 aromatic carbocycles. The number of halogens is 2. The smallest absolute Gasteiger partial charge is 0.279 e. The minimum Gasteiger partial charge on any atom is -0.495 e. The van der Waals surface area contributed by atoms with Crippen molar-refractivity contribution < 1.29 is 19.1 Å².